The standard InChI is InChI=1S/C12H23N5/c1-3-13-8-11-6-5-7-16(11)9-12-14-10-15-17(12)4-2/h10-11,13H,3-9H2,1-2H3. The molecule has 96 valence electrons. The second-order valence-electron chi connectivity index (χ2n) is 4.57. The highest BCUT2D eigenvalue weighted by molar-refractivity contribution is 4.89. The van der Waals surface area contributed by atoms with E-state index >= 15 is 0 Å². The predicted molar refractivity (Wildman–Crippen MR) is 67.7 cm³/mol. The quantitative estimate of drug-likeness (QED) is 0.797. The molecule has 5 nitrogen and oxygen atoms in total. The Hall–Kier alpha value is -0.940. The van der Waals surface area contributed by atoms with Gasteiger partial charge in [-0.15, -0.1) is 0 Å². The monoisotopic (exact) mass is 237 g/mol. The van der Waals surface area contributed by atoms with Gasteiger partial charge in [0.05, 0.1) is 6.54 Å². The average molecular weight is 237 g/mol. The zero-order valence-corrected chi connectivity index (χ0v) is 10.9. The summed E-state index contributed by atoms with van der Waals surface area (Å²) in [5.74, 6) is 1.09. The second kappa shape index (κ2) is 6.12. The lowest BCUT2D eigenvalue weighted by atomic mass is 10.2. The summed E-state index contributed by atoms with van der Waals surface area (Å²) in [6, 6.07) is 0.664. The van der Waals surface area contributed by atoms with Crippen LogP contribution >= 0.6 is 0 Å². The van der Waals surface area contributed by atoms with Crippen LogP contribution in [0.4, 0.5) is 0 Å². The summed E-state index contributed by atoms with van der Waals surface area (Å²) in [7, 11) is 0. The molecule has 2 heterocycles. The molecule has 1 saturated heterocycles. The molecule has 1 unspecified atom stereocenters. The Morgan fingerprint density at radius 3 is 3.12 bits per heavy atom. The Kier molecular flexibility index (Phi) is 4.50. The van der Waals surface area contributed by atoms with Crippen LogP contribution in [0, 0.1) is 0 Å². The first-order chi connectivity index (χ1) is 8.35. The van der Waals surface area contributed by atoms with Crippen molar-refractivity contribution >= 4 is 0 Å². The van der Waals surface area contributed by atoms with E-state index in [0.717, 1.165) is 32.0 Å². The largest absolute Gasteiger partial charge is 0.315 e. The zero-order chi connectivity index (χ0) is 12.1. The molecule has 1 fully saturated rings. The zero-order valence-electron chi connectivity index (χ0n) is 10.9. The molecule has 2 rings (SSSR count). The van der Waals surface area contributed by atoms with E-state index in [2.05, 4.69) is 34.1 Å². The summed E-state index contributed by atoms with van der Waals surface area (Å²) in [6.45, 7) is 9.44. The molecule has 1 N–H and O–H groups in total. The molecule has 1 atom stereocenters. The van der Waals surface area contributed by atoms with Crippen molar-refractivity contribution in [3.8, 4) is 0 Å². The highest BCUT2D eigenvalue weighted by Crippen LogP contribution is 2.18. The summed E-state index contributed by atoms with van der Waals surface area (Å²) in [5, 5.41) is 7.67. The van der Waals surface area contributed by atoms with Gasteiger partial charge >= 0.3 is 0 Å². The fourth-order valence-electron chi connectivity index (χ4n) is 2.50. The molecule has 0 bridgehead atoms. The molecule has 1 aromatic rings. The first kappa shape index (κ1) is 12.5. The van der Waals surface area contributed by atoms with E-state index in [1.165, 1.54) is 19.4 Å². The molecule has 0 aromatic carbocycles. The molecule has 1 aliphatic rings. The highest BCUT2D eigenvalue weighted by Gasteiger charge is 2.25. The van der Waals surface area contributed by atoms with Crippen LogP contribution in [0.5, 0.6) is 0 Å². The molecular formula is C12H23N5. The van der Waals surface area contributed by atoms with Crippen molar-refractivity contribution in [1.82, 2.24) is 25.0 Å². The number of aromatic nitrogens is 3. The molecule has 5 heteroatoms. The Morgan fingerprint density at radius 1 is 1.47 bits per heavy atom. The Morgan fingerprint density at radius 2 is 2.35 bits per heavy atom. The second-order valence-corrected chi connectivity index (χ2v) is 4.57. The van der Waals surface area contributed by atoms with Gasteiger partial charge in [0.25, 0.3) is 0 Å². The fraction of sp³-hybridized carbons (Fsp3) is 0.833. The van der Waals surface area contributed by atoms with Crippen LogP contribution in [-0.2, 0) is 13.1 Å². The number of likely N-dealkylation sites (N-methyl/N-ethyl adjacent to an activating group) is 1. The van der Waals surface area contributed by atoms with E-state index < -0.39 is 0 Å². The van der Waals surface area contributed by atoms with E-state index in [4.69, 9.17) is 0 Å². The minimum Gasteiger partial charge on any atom is -0.315 e. The van der Waals surface area contributed by atoms with Crippen molar-refractivity contribution in [1.29, 1.82) is 0 Å². The van der Waals surface area contributed by atoms with Crippen LogP contribution in [0.25, 0.3) is 0 Å². The van der Waals surface area contributed by atoms with Crippen molar-refractivity contribution < 1.29 is 0 Å². The van der Waals surface area contributed by atoms with Crippen LogP contribution in [0.2, 0.25) is 0 Å². The summed E-state index contributed by atoms with van der Waals surface area (Å²) < 4.78 is 1.99. The fourth-order valence-corrected chi connectivity index (χ4v) is 2.50. The maximum atomic E-state index is 4.36. The van der Waals surface area contributed by atoms with Crippen molar-refractivity contribution in [3.63, 3.8) is 0 Å². The number of hydrogen-bond acceptors (Lipinski definition) is 4. The molecule has 17 heavy (non-hydrogen) atoms. The Labute approximate surface area is 103 Å². The topological polar surface area (TPSA) is 46.0 Å². The third-order valence-electron chi connectivity index (χ3n) is 3.47. The van der Waals surface area contributed by atoms with Crippen LogP contribution in [-0.4, -0.2) is 45.3 Å². The third-order valence-corrected chi connectivity index (χ3v) is 3.47. The first-order valence-electron chi connectivity index (χ1n) is 6.66. The van der Waals surface area contributed by atoms with Crippen molar-refractivity contribution in [2.24, 2.45) is 0 Å². The van der Waals surface area contributed by atoms with Crippen molar-refractivity contribution in [2.45, 2.75) is 45.8 Å². The van der Waals surface area contributed by atoms with E-state index in [1.807, 2.05) is 4.68 Å². The smallest absolute Gasteiger partial charge is 0.141 e. The third kappa shape index (κ3) is 3.04. The van der Waals surface area contributed by atoms with Gasteiger partial charge in [0.15, 0.2) is 0 Å². The molecule has 1 aliphatic heterocycles. The molecule has 0 saturated carbocycles. The number of rotatable bonds is 6. The summed E-state index contributed by atoms with van der Waals surface area (Å²) in [4.78, 5) is 6.88. The van der Waals surface area contributed by atoms with Gasteiger partial charge in [0.2, 0.25) is 0 Å². The summed E-state index contributed by atoms with van der Waals surface area (Å²) in [6.07, 6.45) is 4.26. The van der Waals surface area contributed by atoms with Crippen LogP contribution < -0.4 is 5.32 Å². The maximum absolute atomic E-state index is 4.36. The number of nitrogens with zero attached hydrogens (tertiary/aromatic N) is 4. The number of nitrogens with one attached hydrogen (secondary N) is 1. The Bertz CT molecular complexity index is 335. The maximum Gasteiger partial charge on any atom is 0.141 e. The van der Waals surface area contributed by atoms with E-state index in [0.29, 0.717) is 6.04 Å². The Balaban J connectivity index is 1.93. The van der Waals surface area contributed by atoms with E-state index in [1.54, 1.807) is 6.33 Å². The molecule has 1 aromatic heterocycles. The van der Waals surface area contributed by atoms with Crippen molar-refractivity contribution in [3.05, 3.63) is 12.2 Å². The SMILES string of the molecule is CCNCC1CCCN1Cc1ncnn1CC. The number of likely N-dealkylation sites (tertiary alicyclic amines) is 1. The van der Waals surface area contributed by atoms with E-state index in [9.17, 15) is 0 Å². The predicted octanol–water partition coefficient (Wildman–Crippen LogP) is 0.872. The molecule has 0 amide bonds. The summed E-state index contributed by atoms with van der Waals surface area (Å²) >= 11 is 0. The van der Waals surface area contributed by atoms with Crippen LogP contribution in [0.3, 0.4) is 0 Å². The normalized spacial score (nSPS) is 21.2. The van der Waals surface area contributed by atoms with Crippen molar-refractivity contribution in [2.75, 3.05) is 19.6 Å². The van der Waals surface area contributed by atoms with Crippen LogP contribution in [0.1, 0.15) is 32.5 Å². The first-order valence-corrected chi connectivity index (χ1v) is 6.66. The van der Waals surface area contributed by atoms with Gasteiger partial charge < -0.3 is 5.32 Å². The lowest BCUT2D eigenvalue weighted by Crippen LogP contribution is -2.38. The average Bonchev–Trinajstić information content (AvgIpc) is 2.96. The van der Waals surface area contributed by atoms with Crippen LogP contribution in [0.15, 0.2) is 6.33 Å². The minimum absolute atomic E-state index is 0.664. The van der Waals surface area contributed by atoms with Gasteiger partial charge in [-0.2, -0.15) is 5.10 Å². The minimum atomic E-state index is 0.664. The number of hydrogen-bond donors (Lipinski definition) is 1. The number of aryl methyl sites for hydroxylation is 1. The van der Waals surface area contributed by atoms with Gasteiger partial charge in [0.1, 0.15) is 12.2 Å². The van der Waals surface area contributed by atoms with E-state index in [-0.39, 0.29) is 0 Å². The van der Waals surface area contributed by atoms with Gasteiger partial charge in [-0.05, 0) is 32.9 Å². The molecule has 0 aliphatic carbocycles. The van der Waals surface area contributed by atoms with Gasteiger partial charge in [-0.1, -0.05) is 6.92 Å². The molecule has 0 radical (unpaired) electrons. The van der Waals surface area contributed by atoms with Gasteiger partial charge in [0, 0.05) is 19.1 Å². The molecular weight excluding hydrogens is 214 g/mol. The summed E-state index contributed by atoms with van der Waals surface area (Å²) in [5.41, 5.74) is 0. The lowest BCUT2D eigenvalue weighted by molar-refractivity contribution is 0.230. The van der Waals surface area contributed by atoms with Gasteiger partial charge in [-0.25, -0.2) is 9.67 Å². The lowest BCUT2D eigenvalue weighted by Gasteiger charge is -2.24. The van der Waals surface area contributed by atoms with Gasteiger partial charge in [-0.3, -0.25) is 4.90 Å². The highest BCUT2D eigenvalue weighted by atomic mass is 15.4. The molecule has 0 spiro atoms.